The Bertz CT molecular complexity index is 584. The topological polar surface area (TPSA) is 12.0 Å². The fourth-order valence-electron chi connectivity index (χ4n) is 3.73. The van der Waals surface area contributed by atoms with Crippen molar-refractivity contribution in [1.82, 2.24) is 5.32 Å². The summed E-state index contributed by atoms with van der Waals surface area (Å²) in [4.78, 5) is 0. The van der Waals surface area contributed by atoms with Crippen molar-refractivity contribution in [3.05, 3.63) is 48.0 Å². The van der Waals surface area contributed by atoms with E-state index < -0.39 is 0 Å². The Kier molecular flexibility index (Phi) is 4.60. The number of fused-ring (bicyclic) bond motifs is 1. The van der Waals surface area contributed by atoms with E-state index in [-0.39, 0.29) is 0 Å². The van der Waals surface area contributed by atoms with Crippen LogP contribution in [0, 0.1) is 5.92 Å². The Morgan fingerprint density at radius 2 is 1.76 bits per heavy atom. The molecule has 0 radical (unpaired) electrons. The SMILES string of the molecule is CC1CCCC(NC(C)c2cccc3ccccc23)CC1. The van der Waals surface area contributed by atoms with E-state index in [1.165, 1.54) is 48.4 Å². The molecule has 1 nitrogen and oxygen atoms in total. The molecule has 21 heavy (non-hydrogen) atoms. The summed E-state index contributed by atoms with van der Waals surface area (Å²) in [6.07, 6.45) is 6.82. The van der Waals surface area contributed by atoms with Crippen molar-refractivity contribution in [2.75, 3.05) is 0 Å². The van der Waals surface area contributed by atoms with Crippen LogP contribution in [0.5, 0.6) is 0 Å². The van der Waals surface area contributed by atoms with Gasteiger partial charge in [0.15, 0.2) is 0 Å². The number of benzene rings is 2. The first-order valence-electron chi connectivity index (χ1n) is 8.48. The molecular weight excluding hydrogens is 254 g/mol. The second kappa shape index (κ2) is 6.62. The fourth-order valence-corrected chi connectivity index (χ4v) is 3.73. The van der Waals surface area contributed by atoms with Gasteiger partial charge in [-0.3, -0.25) is 0 Å². The van der Waals surface area contributed by atoms with Crippen molar-refractivity contribution in [2.45, 2.75) is 58.0 Å². The summed E-state index contributed by atoms with van der Waals surface area (Å²) in [5.41, 5.74) is 1.44. The normalized spacial score (nSPS) is 24.7. The van der Waals surface area contributed by atoms with Gasteiger partial charge in [0.25, 0.3) is 0 Å². The first kappa shape index (κ1) is 14.6. The van der Waals surface area contributed by atoms with E-state index in [0.29, 0.717) is 12.1 Å². The van der Waals surface area contributed by atoms with Crippen molar-refractivity contribution < 1.29 is 0 Å². The molecule has 0 bridgehead atoms. The second-order valence-corrected chi connectivity index (χ2v) is 6.77. The highest BCUT2D eigenvalue weighted by atomic mass is 14.9. The van der Waals surface area contributed by atoms with E-state index in [4.69, 9.17) is 0 Å². The van der Waals surface area contributed by atoms with Crippen molar-refractivity contribution in [2.24, 2.45) is 5.92 Å². The quantitative estimate of drug-likeness (QED) is 0.737. The van der Waals surface area contributed by atoms with E-state index in [0.717, 1.165) is 5.92 Å². The fraction of sp³-hybridized carbons (Fsp3) is 0.500. The molecule has 0 aliphatic heterocycles. The molecule has 1 N–H and O–H groups in total. The zero-order valence-corrected chi connectivity index (χ0v) is 13.3. The standard InChI is InChI=1S/C20H27N/c1-15-7-5-10-18(14-13-15)21-16(2)19-12-6-9-17-8-3-4-11-20(17)19/h3-4,6,8-9,11-12,15-16,18,21H,5,7,10,13-14H2,1-2H3. The molecule has 3 atom stereocenters. The number of hydrogen-bond donors (Lipinski definition) is 1. The van der Waals surface area contributed by atoms with Gasteiger partial charge < -0.3 is 5.32 Å². The highest BCUT2D eigenvalue weighted by Gasteiger charge is 2.19. The van der Waals surface area contributed by atoms with Crippen LogP contribution in [-0.2, 0) is 0 Å². The lowest BCUT2D eigenvalue weighted by molar-refractivity contribution is 0.409. The van der Waals surface area contributed by atoms with Crippen LogP contribution in [0.4, 0.5) is 0 Å². The summed E-state index contributed by atoms with van der Waals surface area (Å²) >= 11 is 0. The molecule has 0 aromatic heterocycles. The third-order valence-electron chi connectivity index (χ3n) is 5.03. The third kappa shape index (κ3) is 3.47. The molecule has 0 saturated heterocycles. The highest BCUT2D eigenvalue weighted by molar-refractivity contribution is 5.86. The Balaban J connectivity index is 1.76. The lowest BCUT2D eigenvalue weighted by atomic mass is 9.98. The number of nitrogens with one attached hydrogen (secondary N) is 1. The lowest BCUT2D eigenvalue weighted by Crippen LogP contribution is -2.31. The number of hydrogen-bond acceptors (Lipinski definition) is 1. The summed E-state index contributed by atoms with van der Waals surface area (Å²) in [5, 5.41) is 6.62. The maximum absolute atomic E-state index is 3.89. The van der Waals surface area contributed by atoms with Crippen molar-refractivity contribution in [3.63, 3.8) is 0 Å². The summed E-state index contributed by atoms with van der Waals surface area (Å²) < 4.78 is 0. The smallest absolute Gasteiger partial charge is 0.0300 e. The molecular formula is C20H27N. The molecule has 3 rings (SSSR count). The molecule has 1 heteroatoms. The number of rotatable bonds is 3. The minimum absolute atomic E-state index is 0.425. The zero-order chi connectivity index (χ0) is 14.7. The van der Waals surface area contributed by atoms with E-state index >= 15 is 0 Å². The van der Waals surface area contributed by atoms with Crippen molar-refractivity contribution >= 4 is 10.8 Å². The van der Waals surface area contributed by atoms with Gasteiger partial charge in [-0.1, -0.05) is 62.2 Å². The minimum atomic E-state index is 0.425. The van der Waals surface area contributed by atoms with Crippen molar-refractivity contribution in [1.29, 1.82) is 0 Å². The predicted molar refractivity (Wildman–Crippen MR) is 91.5 cm³/mol. The van der Waals surface area contributed by atoms with E-state index in [9.17, 15) is 0 Å². The molecule has 0 spiro atoms. The van der Waals surface area contributed by atoms with Gasteiger partial charge >= 0.3 is 0 Å². The van der Waals surface area contributed by atoms with Gasteiger partial charge in [0.05, 0.1) is 0 Å². The summed E-state index contributed by atoms with van der Waals surface area (Å²) in [6, 6.07) is 16.5. The van der Waals surface area contributed by atoms with Crippen LogP contribution in [0.3, 0.4) is 0 Å². The average Bonchev–Trinajstić information content (AvgIpc) is 2.71. The van der Waals surface area contributed by atoms with Gasteiger partial charge in [0.2, 0.25) is 0 Å². The monoisotopic (exact) mass is 281 g/mol. The maximum Gasteiger partial charge on any atom is 0.0300 e. The zero-order valence-electron chi connectivity index (χ0n) is 13.3. The average molecular weight is 281 g/mol. The molecule has 1 saturated carbocycles. The molecule has 0 heterocycles. The molecule has 0 amide bonds. The molecule has 112 valence electrons. The maximum atomic E-state index is 3.89. The van der Waals surface area contributed by atoms with Gasteiger partial charge in [0.1, 0.15) is 0 Å². The first-order chi connectivity index (χ1) is 10.2. The van der Waals surface area contributed by atoms with E-state index in [2.05, 4.69) is 61.6 Å². The van der Waals surface area contributed by atoms with Crippen LogP contribution in [0.2, 0.25) is 0 Å². The lowest BCUT2D eigenvalue weighted by Gasteiger charge is -2.23. The van der Waals surface area contributed by atoms with Crippen LogP contribution in [0.15, 0.2) is 42.5 Å². The van der Waals surface area contributed by atoms with Gasteiger partial charge in [-0.2, -0.15) is 0 Å². The van der Waals surface area contributed by atoms with Gasteiger partial charge in [-0.05, 0) is 48.4 Å². The Labute approximate surface area is 128 Å². The predicted octanol–water partition coefficient (Wildman–Crippen LogP) is 5.46. The molecule has 3 unspecified atom stereocenters. The van der Waals surface area contributed by atoms with E-state index in [1.807, 2.05) is 0 Å². The largest absolute Gasteiger partial charge is 0.307 e. The van der Waals surface area contributed by atoms with Crippen LogP contribution in [0.1, 0.15) is 57.6 Å². The summed E-state index contributed by atoms with van der Waals surface area (Å²) in [7, 11) is 0. The van der Waals surface area contributed by atoms with Crippen LogP contribution >= 0.6 is 0 Å². The Morgan fingerprint density at radius 1 is 0.952 bits per heavy atom. The van der Waals surface area contributed by atoms with Crippen molar-refractivity contribution in [3.8, 4) is 0 Å². The van der Waals surface area contributed by atoms with Crippen LogP contribution in [-0.4, -0.2) is 6.04 Å². The summed E-state index contributed by atoms with van der Waals surface area (Å²) in [5.74, 6) is 0.907. The first-order valence-corrected chi connectivity index (χ1v) is 8.48. The van der Waals surface area contributed by atoms with Gasteiger partial charge in [-0.15, -0.1) is 0 Å². The molecule has 1 fully saturated rings. The molecule has 2 aromatic rings. The Hall–Kier alpha value is -1.34. The van der Waals surface area contributed by atoms with Gasteiger partial charge in [-0.25, -0.2) is 0 Å². The van der Waals surface area contributed by atoms with Gasteiger partial charge in [0, 0.05) is 12.1 Å². The third-order valence-corrected chi connectivity index (χ3v) is 5.03. The highest BCUT2D eigenvalue weighted by Crippen LogP contribution is 2.27. The van der Waals surface area contributed by atoms with Crippen LogP contribution in [0.25, 0.3) is 10.8 Å². The second-order valence-electron chi connectivity index (χ2n) is 6.77. The van der Waals surface area contributed by atoms with Crippen LogP contribution < -0.4 is 5.32 Å². The molecule has 1 aliphatic carbocycles. The molecule has 2 aromatic carbocycles. The Morgan fingerprint density at radius 3 is 2.67 bits per heavy atom. The summed E-state index contributed by atoms with van der Waals surface area (Å²) in [6.45, 7) is 4.71. The minimum Gasteiger partial charge on any atom is -0.307 e. The van der Waals surface area contributed by atoms with E-state index in [1.54, 1.807) is 0 Å². The molecule has 1 aliphatic rings.